The number of anilines is 1. The van der Waals surface area contributed by atoms with E-state index in [9.17, 15) is 4.79 Å². The first-order chi connectivity index (χ1) is 12.2. The van der Waals surface area contributed by atoms with Crippen LogP contribution in [0.2, 0.25) is 0 Å². The topological polar surface area (TPSA) is 82.2 Å². The lowest BCUT2D eigenvalue weighted by molar-refractivity contribution is -0.126. The van der Waals surface area contributed by atoms with Crippen molar-refractivity contribution in [3.63, 3.8) is 0 Å². The molecule has 1 fully saturated rings. The van der Waals surface area contributed by atoms with Crippen molar-refractivity contribution in [2.75, 3.05) is 11.9 Å². The summed E-state index contributed by atoms with van der Waals surface area (Å²) < 4.78 is 7.94. The first kappa shape index (κ1) is 16.3. The number of hydrogen-bond donors (Lipinski definition) is 2. The van der Waals surface area contributed by atoms with Crippen LogP contribution < -0.4 is 11.1 Å². The zero-order valence-corrected chi connectivity index (χ0v) is 14.3. The summed E-state index contributed by atoms with van der Waals surface area (Å²) in [5.74, 6) is 0.916. The Kier molecular flexibility index (Phi) is 4.55. The van der Waals surface area contributed by atoms with E-state index in [0.29, 0.717) is 6.54 Å². The first-order valence-corrected chi connectivity index (χ1v) is 9.06. The molecule has 0 bridgehead atoms. The summed E-state index contributed by atoms with van der Waals surface area (Å²) in [5.41, 5.74) is 8.76. The van der Waals surface area contributed by atoms with E-state index < -0.39 is 6.10 Å². The number of nitrogens with zero attached hydrogens (tertiary/aromatic N) is 2. The van der Waals surface area contributed by atoms with Crippen molar-refractivity contribution in [2.45, 2.75) is 50.9 Å². The van der Waals surface area contributed by atoms with E-state index in [-0.39, 0.29) is 12.0 Å². The predicted octanol–water partition coefficient (Wildman–Crippen LogP) is 2.33. The van der Waals surface area contributed by atoms with Gasteiger partial charge in [-0.25, -0.2) is 4.98 Å². The summed E-state index contributed by atoms with van der Waals surface area (Å²) in [4.78, 5) is 16.9. The molecular formula is C19H24N4O2. The maximum atomic E-state index is 12.3. The number of nitrogens with one attached hydrogen (secondary N) is 1. The highest BCUT2D eigenvalue weighted by molar-refractivity contribution is 5.94. The highest BCUT2D eigenvalue weighted by atomic mass is 16.5. The number of rotatable bonds is 4. The van der Waals surface area contributed by atoms with Crippen LogP contribution in [0.3, 0.4) is 0 Å². The summed E-state index contributed by atoms with van der Waals surface area (Å²) in [6, 6.07) is 7.87. The van der Waals surface area contributed by atoms with Crippen molar-refractivity contribution >= 4 is 11.6 Å². The number of carbonyl (C=O) groups excluding carboxylic acids is 1. The van der Waals surface area contributed by atoms with Gasteiger partial charge in [-0.2, -0.15) is 0 Å². The molecule has 4 rings (SSSR count). The van der Waals surface area contributed by atoms with Gasteiger partial charge in [-0.15, -0.1) is 0 Å². The minimum Gasteiger partial charge on any atom is -0.364 e. The summed E-state index contributed by atoms with van der Waals surface area (Å²) in [6.07, 6.45) is 6.71. The van der Waals surface area contributed by atoms with Crippen LogP contribution >= 0.6 is 0 Å². The van der Waals surface area contributed by atoms with Crippen LogP contribution in [-0.4, -0.2) is 34.2 Å². The monoisotopic (exact) mass is 340 g/mol. The van der Waals surface area contributed by atoms with Crippen LogP contribution in [0.1, 0.15) is 31.4 Å². The fourth-order valence-electron chi connectivity index (χ4n) is 3.66. The highest BCUT2D eigenvalue weighted by Crippen LogP contribution is 2.26. The van der Waals surface area contributed by atoms with Crippen LogP contribution in [0.4, 0.5) is 5.69 Å². The number of aryl methyl sites for hydroxylation is 1. The number of hydrogen-bond acceptors (Lipinski definition) is 4. The van der Waals surface area contributed by atoms with Gasteiger partial charge in [0.1, 0.15) is 11.9 Å². The smallest absolute Gasteiger partial charge is 0.253 e. The maximum Gasteiger partial charge on any atom is 0.253 e. The Bertz CT molecular complexity index is 753. The average molecular weight is 340 g/mol. The molecule has 1 aromatic heterocycles. The van der Waals surface area contributed by atoms with E-state index in [1.807, 2.05) is 30.5 Å². The Morgan fingerprint density at radius 1 is 1.28 bits per heavy atom. The van der Waals surface area contributed by atoms with E-state index in [1.165, 1.54) is 18.5 Å². The van der Waals surface area contributed by atoms with Gasteiger partial charge >= 0.3 is 0 Å². The van der Waals surface area contributed by atoms with Gasteiger partial charge < -0.3 is 20.4 Å². The summed E-state index contributed by atoms with van der Waals surface area (Å²) in [6.45, 7) is 1.50. The Balaban J connectivity index is 1.44. The molecule has 2 atom stereocenters. The van der Waals surface area contributed by atoms with Crippen molar-refractivity contribution in [1.29, 1.82) is 0 Å². The molecule has 1 aromatic carbocycles. The number of amides is 1. The maximum absolute atomic E-state index is 12.3. The van der Waals surface area contributed by atoms with E-state index in [2.05, 4.69) is 14.9 Å². The van der Waals surface area contributed by atoms with Gasteiger partial charge in [0.05, 0.1) is 6.10 Å². The third-order valence-corrected chi connectivity index (χ3v) is 5.08. The van der Waals surface area contributed by atoms with Crippen molar-refractivity contribution in [3.05, 3.63) is 36.2 Å². The lowest BCUT2D eigenvalue weighted by Crippen LogP contribution is -2.29. The van der Waals surface area contributed by atoms with Gasteiger partial charge in [0, 0.05) is 36.2 Å². The van der Waals surface area contributed by atoms with Gasteiger partial charge in [-0.05, 0) is 56.4 Å². The van der Waals surface area contributed by atoms with Crippen molar-refractivity contribution < 1.29 is 9.53 Å². The Morgan fingerprint density at radius 2 is 2.12 bits per heavy atom. The predicted molar refractivity (Wildman–Crippen MR) is 96.2 cm³/mol. The van der Waals surface area contributed by atoms with Gasteiger partial charge in [-0.1, -0.05) is 0 Å². The zero-order valence-electron chi connectivity index (χ0n) is 14.3. The normalized spacial score (nSPS) is 22.6. The fourth-order valence-corrected chi connectivity index (χ4v) is 3.66. The SMILES string of the molecule is NC[C@H]1CC[C@@H](C(=O)Nc2ccc(-c3ncc4n3CCCC4)cc2)O1. The molecule has 1 saturated heterocycles. The Morgan fingerprint density at radius 3 is 2.88 bits per heavy atom. The number of carbonyl (C=O) groups is 1. The van der Waals surface area contributed by atoms with Crippen LogP contribution in [0, 0.1) is 0 Å². The van der Waals surface area contributed by atoms with Crippen molar-refractivity contribution in [3.8, 4) is 11.4 Å². The summed E-state index contributed by atoms with van der Waals surface area (Å²) in [7, 11) is 0. The second kappa shape index (κ2) is 6.98. The average Bonchev–Trinajstić information content (AvgIpc) is 3.29. The molecule has 6 nitrogen and oxygen atoms in total. The summed E-state index contributed by atoms with van der Waals surface area (Å²) >= 11 is 0. The molecule has 1 amide bonds. The number of imidazole rings is 1. The van der Waals surface area contributed by atoms with Crippen molar-refractivity contribution in [2.24, 2.45) is 5.73 Å². The van der Waals surface area contributed by atoms with Crippen LogP contribution in [0.5, 0.6) is 0 Å². The molecule has 0 saturated carbocycles. The molecule has 6 heteroatoms. The molecule has 3 heterocycles. The number of nitrogens with two attached hydrogens (primary N) is 1. The molecule has 2 aromatic rings. The molecule has 2 aliphatic heterocycles. The minimum atomic E-state index is -0.396. The molecule has 0 radical (unpaired) electrons. The molecule has 25 heavy (non-hydrogen) atoms. The highest BCUT2D eigenvalue weighted by Gasteiger charge is 2.29. The number of fused-ring (bicyclic) bond motifs is 1. The lowest BCUT2D eigenvalue weighted by Gasteiger charge is -2.17. The van der Waals surface area contributed by atoms with Gasteiger partial charge in [0.2, 0.25) is 0 Å². The van der Waals surface area contributed by atoms with Gasteiger partial charge in [0.25, 0.3) is 5.91 Å². The molecule has 0 aliphatic carbocycles. The molecular weight excluding hydrogens is 316 g/mol. The number of aromatic nitrogens is 2. The zero-order chi connectivity index (χ0) is 17.2. The van der Waals surface area contributed by atoms with Crippen LogP contribution in [-0.2, 0) is 22.5 Å². The second-order valence-electron chi connectivity index (χ2n) is 6.81. The second-order valence-corrected chi connectivity index (χ2v) is 6.81. The standard InChI is InChI=1S/C19H24N4O2/c20-11-16-8-9-17(25-16)19(24)22-14-6-4-13(5-7-14)18-21-12-15-3-1-2-10-23(15)18/h4-7,12,16-17H,1-3,8-11,20H2,(H,22,24)/t16-,17+/m1/s1. The van der Waals surface area contributed by atoms with Crippen molar-refractivity contribution in [1.82, 2.24) is 9.55 Å². The van der Waals surface area contributed by atoms with Gasteiger partial charge in [-0.3, -0.25) is 4.79 Å². The van der Waals surface area contributed by atoms with Gasteiger partial charge in [0.15, 0.2) is 0 Å². The third kappa shape index (κ3) is 3.32. The van der Waals surface area contributed by atoms with E-state index in [1.54, 1.807) is 0 Å². The molecule has 3 N–H and O–H groups in total. The summed E-state index contributed by atoms with van der Waals surface area (Å²) in [5, 5.41) is 2.93. The molecule has 2 aliphatic rings. The van der Waals surface area contributed by atoms with Crippen LogP contribution in [0.25, 0.3) is 11.4 Å². The fraction of sp³-hybridized carbons (Fsp3) is 0.474. The third-order valence-electron chi connectivity index (χ3n) is 5.08. The molecule has 132 valence electrons. The Labute approximate surface area is 147 Å². The number of benzene rings is 1. The van der Waals surface area contributed by atoms with Crippen LogP contribution in [0.15, 0.2) is 30.5 Å². The largest absolute Gasteiger partial charge is 0.364 e. The molecule has 0 spiro atoms. The van der Waals surface area contributed by atoms with E-state index >= 15 is 0 Å². The first-order valence-electron chi connectivity index (χ1n) is 9.06. The van der Waals surface area contributed by atoms with E-state index in [4.69, 9.17) is 10.5 Å². The number of ether oxygens (including phenoxy) is 1. The van der Waals surface area contributed by atoms with E-state index in [0.717, 1.165) is 42.9 Å². The lowest BCUT2D eigenvalue weighted by atomic mass is 10.1. The quantitative estimate of drug-likeness (QED) is 0.895. The Hall–Kier alpha value is -2.18. The molecule has 0 unspecified atom stereocenters. The minimum absolute atomic E-state index is 0.00439.